The molecule has 0 radical (unpaired) electrons. The zero-order valence-corrected chi connectivity index (χ0v) is 12.9. The molecule has 1 aromatic carbocycles. The van der Waals surface area contributed by atoms with Crippen molar-refractivity contribution in [1.29, 1.82) is 0 Å². The number of carbonyl (C=O) groups is 3. The van der Waals surface area contributed by atoms with Crippen LogP contribution in [-0.2, 0) is 19.1 Å². The van der Waals surface area contributed by atoms with E-state index in [2.05, 4.69) is 20.3 Å². The van der Waals surface area contributed by atoms with Gasteiger partial charge in [-0.05, 0) is 38.1 Å². The van der Waals surface area contributed by atoms with Crippen molar-refractivity contribution in [2.75, 3.05) is 11.9 Å². The molecule has 0 spiro atoms. The average Bonchev–Trinajstić information content (AvgIpc) is 2.55. The number of hydrazone groups is 1. The third-order valence-corrected chi connectivity index (χ3v) is 2.54. The second-order valence-corrected chi connectivity index (χ2v) is 4.27. The molecule has 0 saturated heterocycles. The molecule has 0 atom stereocenters. The van der Waals surface area contributed by atoms with Crippen LogP contribution in [0.3, 0.4) is 0 Å². The summed E-state index contributed by atoms with van der Waals surface area (Å²) in [5.74, 6) is -3.63. The van der Waals surface area contributed by atoms with Crippen LogP contribution in [0.1, 0.15) is 13.8 Å². The molecule has 0 aliphatic rings. The number of anilines is 1. The average molecular weight is 338 g/mol. The predicted molar refractivity (Wildman–Crippen MR) is 82.1 cm³/mol. The van der Waals surface area contributed by atoms with Gasteiger partial charge in [-0.3, -0.25) is 9.59 Å². The lowest BCUT2D eigenvalue weighted by Gasteiger charge is -2.05. The van der Waals surface area contributed by atoms with E-state index in [1.54, 1.807) is 6.92 Å². The summed E-state index contributed by atoms with van der Waals surface area (Å²) in [6.07, 6.45) is 0. The summed E-state index contributed by atoms with van der Waals surface area (Å²) >= 11 is 0. The molecule has 1 aromatic rings. The van der Waals surface area contributed by atoms with Gasteiger partial charge in [-0.15, -0.1) is 0 Å². The van der Waals surface area contributed by atoms with E-state index in [4.69, 9.17) is 5.21 Å². The summed E-state index contributed by atoms with van der Waals surface area (Å²) < 4.78 is 17.4. The Bertz CT molecular complexity index is 685. The molecule has 0 unspecified atom stereocenters. The summed E-state index contributed by atoms with van der Waals surface area (Å²) in [6, 6.07) is 4.76. The number of rotatable bonds is 5. The molecule has 0 bridgehead atoms. The Balaban J connectivity index is 2.67. The van der Waals surface area contributed by atoms with E-state index < -0.39 is 29.3 Å². The van der Waals surface area contributed by atoms with E-state index >= 15 is 0 Å². The van der Waals surface area contributed by atoms with Gasteiger partial charge in [0.05, 0.1) is 12.3 Å². The molecule has 9 nitrogen and oxygen atoms in total. The van der Waals surface area contributed by atoms with Gasteiger partial charge in [0.15, 0.2) is 0 Å². The Labute approximate surface area is 136 Å². The largest absolute Gasteiger partial charge is 0.461 e. The minimum absolute atomic E-state index is 0.0531. The van der Waals surface area contributed by atoms with Gasteiger partial charge in [0, 0.05) is 5.69 Å². The summed E-state index contributed by atoms with van der Waals surface area (Å²) in [6.45, 7) is 2.88. The lowest BCUT2D eigenvalue weighted by atomic mass is 10.2. The maximum absolute atomic E-state index is 12.7. The van der Waals surface area contributed by atoms with Crippen LogP contribution >= 0.6 is 0 Å². The summed E-state index contributed by atoms with van der Waals surface area (Å²) in [5.41, 5.74) is 1.41. The zero-order chi connectivity index (χ0) is 18.1. The monoisotopic (exact) mass is 338 g/mol. The lowest BCUT2D eigenvalue weighted by Crippen LogP contribution is -2.34. The minimum atomic E-state index is -1.14. The topological polar surface area (TPSA) is 129 Å². The van der Waals surface area contributed by atoms with Crippen molar-refractivity contribution in [3.05, 3.63) is 30.1 Å². The van der Waals surface area contributed by atoms with Gasteiger partial charge in [-0.25, -0.2) is 14.6 Å². The van der Waals surface area contributed by atoms with Gasteiger partial charge in [-0.2, -0.15) is 5.10 Å². The molecule has 0 aliphatic heterocycles. The van der Waals surface area contributed by atoms with Crippen molar-refractivity contribution < 1.29 is 28.7 Å². The Kier molecular flexibility index (Phi) is 7.01. The molecular weight excluding hydrogens is 323 g/mol. The number of oxime groups is 1. The fourth-order valence-electron chi connectivity index (χ4n) is 1.42. The van der Waals surface area contributed by atoms with Crippen LogP contribution in [0.5, 0.6) is 0 Å². The second-order valence-electron chi connectivity index (χ2n) is 4.27. The zero-order valence-electron chi connectivity index (χ0n) is 12.9. The van der Waals surface area contributed by atoms with E-state index in [9.17, 15) is 18.8 Å². The molecule has 0 aliphatic carbocycles. The van der Waals surface area contributed by atoms with Crippen LogP contribution < -0.4 is 10.7 Å². The van der Waals surface area contributed by atoms with Crippen LogP contribution in [0.2, 0.25) is 0 Å². The van der Waals surface area contributed by atoms with Crippen LogP contribution in [-0.4, -0.2) is 41.0 Å². The van der Waals surface area contributed by atoms with Crippen molar-refractivity contribution in [3.8, 4) is 0 Å². The van der Waals surface area contributed by atoms with E-state index in [0.717, 1.165) is 12.1 Å². The highest BCUT2D eigenvalue weighted by Gasteiger charge is 2.19. The van der Waals surface area contributed by atoms with Crippen molar-refractivity contribution >= 4 is 34.9 Å². The first kappa shape index (κ1) is 18.7. The highest BCUT2D eigenvalue weighted by molar-refractivity contribution is 6.65. The molecular formula is C14H15FN4O5. The number of amides is 2. The molecule has 1 rings (SSSR count). The summed E-state index contributed by atoms with van der Waals surface area (Å²) in [7, 11) is 0. The van der Waals surface area contributed by atoms with Gasteiger partial charge < -0.3 is 15.3 Å². The Hall–Kier alpha value is -3.30. The SMILES string of the molecule is CCOC(=O)C(=NO)C(C)=NNC(=O)C(=O)Nc1ccc(F)cc1. The standard InChI is InChI=1S/C14H15FN4O5/c1-3-24-14(22)11(19-23)8(2)17-18-13(21)12(20)16-10-6-4-9(15)5-7-10/h4-7,23H,3H2,1-2H3,(H,16,20)(H,18,21). The summed E-state index contributed by atoms with van der Waals surface area (Å²) in [5, 5.41) is 17.2. The van der Waals surface area contributed by atoms with Gasteiger partial charge in [-0.1, -0.05) is 5.16 Å². The van der Waals surface area contributed by atoms with Crippen LogP contribution in [0.4, 0.5) is 10.1 Å². The normalized spacial score (nSPS) is 11.6. The highest BCUT2D eigenvalue weighted by atomic mass is 19.1. The molecule has 0 fully saturated rings. The predicted octanol–water partition coefficient (Wildman–Crippen LogP) is 0.650. The minimum Gasteiger partial charge on any atom is -0.461 e. The third kappa shape index (κ3) is 5.48. The van der Waals surface area contributed by atoms with E-state index in [0.29, 0.717) is 0 Å². The Morgan fingerprint density at radius 3 is 2.38 bits per heavy atom. The number of hydrogen-bond donors (Lipinski definition) is 3. The van der Waals surface area contributed by atoms with E-state index in [1.807, 2.05) is 5.43 Å². The molecule has 10 heteroatoms. The van der Waals surface area contributed by atoms with Gasteiger partial charge >= 0.3 is 17.8 Å². The molecule has 24 heavy (non-hydrogen) atoms. The van der Waals surface area contributed by atoms with Gasteiger partial charge in [0.1, 0.15) is 5.82 Å². The fourth-order valence-corrected chi connectivity index (χ4v) is 1.42. The number of hydrogen-bond acceptors (Lipinski definition) is 7. The number of ether oxygens (including phenoxy) is 1. The quantitative estimate of drug-likeness (QED) is 0.239. The van der Waals surface area contributed by atoms with Crippen molar-refractivity contribution in [2.24, 2.45) is 10.3 Å². The highest BCUT2D eigenvalue weighted by Crippen LogP contribution is 2.07. The number of benzene rings is 1. The smallest absolute Gasteiger partial charge is 0.362 e. The lowest BCUT2D eigenvalue weighted by molar-refractivity contribution is -0.136. The Morgan fingerprint density at radius 2 is 1.83 bits per heavy atom. The van der Waals surface area contributed by atoms with E-state index in [-0.39, 0.29) is 18.0 Å². The van der Waals surface area contributed by atoms with Crippen molar-refractivity contribution in [1.82, 2.24) is 5.43 Å². The molecule has 128 valence electrons. The fraction of sp³-hybridized carbons (Fsp3) is 0.214. The number of esters is 1. The number of carbonyl (C=O) groups excluding carboxylic acids is 3. The first-order valence-electron chi connectivity index (χ1n) is 6.69. The third-order valence-electron chi connectivity index (χ3n) is 2.54. The maximum Gasteiger partial charge on any atom is 0.362 e. The number of nitrogens with one attached hydrogen (secondary N) is 2. The van der Waals surface area contributed by atoms with Crippen LogP contribution in [0.25, 0.3) is 0 Å². The number of halogens is 1. The number of nitrogens with zero attached hydrogens (tertiary/aromatic N) is 2. The van der Waals surface area contributed by atoms with Crippen LogP contribution in [0.15, 0.2) is 34.5 Å². The maximum atomic E-state index is 12.7. The van der Waals surface area contributed by atoms with Gasteiger partial charge in [0.2, 0.25) is 5.71 Å². The molecule has 0 heterocycles. The first-order valence-corrected chi connectivity index (χ1v) is 6.69. The second kappa shape index (κ2) is 8.98. The van der Waals surface area contributed by atoms with Crippen molar-refractivity contribution in [2.45, 2.75) is 13.8 Å². The first-order chi connectivity index (χ1) is 11.4. The summed E-state index contributed by atoms with van der Waals surface area (Å²) in [4.78, 5) is 34.7. The molecule has 0 saturated carbocycles. The molecule has 2 amide bonds. The van der Waals surface area contributed by atoms with Crippen molar-refractivity contribution in [3.63, 3.8) is 0 Å². The van der Waals surface area contributed by atoms with Crippen LogP contribution in [0, 0.1) is 5.82 Å². The van der Waals surface area contributed by atoms with Gasteiger partial charge in [0.25, 0.3) is 0 Å². The molecule has 3 N–H and O–H groups in total. The molecule has 0 aromatic heterocycles. The Morgan fingerprint density at radius 1 is 1.21 bits per heavy atom. The van der Waals surface area contributed by atoms with E-state index in [1.165, 1.54) is 19.1 Å².